The maximum atomic E-state index is 11.0. The van der Waals surface area contributed by atoms with Crippen LogP contribution in [0.4, 0.5) is 0 Å². The fourth-order valence-electron chi connectivity index (χ4n) is 2.66. The van der Waals surface area contributed by atoms with E-state index in [1.54, 1.807) is 0 Å². The van der Waals surface area contributed by atoms with Crippen molar-refractivity contribution in [2.45, 2.75) is 45.4 Å². The van der Waals surface area contributed by atoms with Crippen molar-refractivity contribution in [3.8, 4) is 0 Å². The van der Waals surface area contributed by atoms with Crippen LogP contribution in [0.3, 0.4) is 0 Å². The van der Waals surface area contributed by atoms with Gasteiger partial charge in [-0.05, 0) is 61.8 Å². The zero-order valence-electron chi connectivity index (χ0n) is 15.0. The summed E-state index contributed by atoms with van der Waals surface area (Å²) < 4.78 is 26.9. The summed E-state index contributed by atoms with van der Waals surface area (Å²) in [6.07, 6.45) is 11.6. The normalized spacial score (nSPS) is 13.0. The van der Waals surface area contributed by atoms with Crippen LogP contribution in [0.2, 0.25) is 0 Å². The van der Waals surface area contributed by atoms with Crippen LogP contribution in [-0.2, 0) is 33.6 Å². The van der Waals surface area contributed by atoms with E-state index in [4.69, 9.17) is 4.18 Å². The van der Waals surface area contributed by atoms with Gasteiger partial charge in [-0.1, -0.05) is 19.4 Å². The third-order valence-corrected chi connectivity index (χ3v) is 5.68. The van der Waals surface area contributed by atoms with E-state index in [1.807, 2.05) is 36.7 Å². The minimum Gasteiger partial charge on any atom is -0.270 e. The molecular formula is C19H27NO3S2. The van der Waals surface area contributed by atoms with E-state index in [0.717, 1.165) is 25.5 Å². The molecule has 0 spiro atoms. The first-order valence-electron chi connectivity index (χ1n) is 8.73. The zero-order valence-corrected chi connectivity index (χ0v) is 16.6. The molecule has 0 aliphatic rings. The SMILES string of the molecule is CC(COS(C)(=O)=O)Cc1ccc(CCCCCc2cccnc2)s1. The maximum absolute atomic E-state index is 11.0. The summed E-state index contributed by atoms with van der Waals surface area (Å²) in [6, 6.07) is 8.48. The van der Waals surface area contributed by atoms with Crippen LogP contribution in [0.25, 0.3) is 0 Å². The van der Waals surface area contributed by atoms with Crippen LogP contribution in [-0.4, -0.2) is 26.3 Å². The van der Waals surface area contributed by atoms with Gasteiger partial charge in [0, 0.05) is 22.1 Å². The molecule has 0 amide bonds. The molecule has 0 aliphatic carbocycles. The van der Waals surface area contributed by atoms with Gasteiger partial charge in [0.05, 0.1) is 12.9 Å². The Morgan fingerprint density at radius 3 is 2.60 bits per heavy atom. The highest BCUT2D eigenvalue weighted by Crippen LogP contribution is 2.22. The molecule has 0 saturated carbocycles. The predicted molar refractivity (Wildman–Crippen MR) is 103 cm³/mol. The monoisotopic (exact) mass is 381 g/mol. The van der Waals surface area contributed by atoms with Crippen LogP contribution in [0.15, 0.2) is 36.7 Å². The smallest absolute Gasteiger partial charge is 0.264 e. The molecule has 138 valence electrons. The molecule has 4 nitrogen and oxygen atoms in total. The van der Waals surface area contributed by atoms with Crippen LogP contribution >= 0.6 is 11.3 Å². The number of pyridine rings is 1. The molecule has 6 heteroatoms. The molecule has 2 heterocycles. The Morgan fingerprint density at radius 1 is 1.12 bits per heavy atom. The van der Waals surface area contributed by atoms with Crippen LogP contribution in [0.1, 0.15) is 41.5 Å². The summed E-state index contributed by atoms with van der Waals surface area (Å²) in [5.41, 5.74) is 1.31. The van der Waals surface area contributed by atoms with Gasteiger partial charge in [0.25, 0.3) is 10.1 Å². The first kappa shape index (κ1) is 20.1. The van der Waals surface area contributed by atoms with E-state index >= 15 is 0 Å². The van der Waals surface area contributed by atoms with E-state index in [2.05, 4.69) is 23.2 Å². The highest BCUT2D eigenvalue weighted by Gasteiger charge is 2.10. The summed E-state index contributed by atoms with van der Waals surface area (Å²) in [6.45, 7) is 2.27. The molecule has 2 aromatic rings. The van der Waals surface area contributed by atoms with Crippen LogP contribution < -0.4 is 0 Å². The molecular weight excluding hydrogens is 354 g/mol. The first-order valence-corrected chi connectivity index (χ1v) is 11.4. The lowest BCUT2D eigenvalue weighted by Crippen LogP contribution is -2.12. The molecule has 25 heavy (non-hydrogen) atoms. The van der Waals surface area contributed by atoms with Gasteiger partial charge in [-0.25, -0.2) is 0 Å². The van der Waals surface area contributed by atoms with Gasteiger partial charge >= 0.3 is 0 Å². The first-order chi connectivity index (χ1) is 11.9. The topological polar surface area (TPSA) is 56.3 Å². The summed E-state index contributed by atoms with van der Waals surface area (Å²) >= 11 is 1.83. The van der Waals surface area contributed by atoms with Crippen molar-refractivity contribution in [1.82, 2.24) is 4.98 Å². The van der Waals surface area contributed by atoms with Gasteiger partial charge in [-0.3, -0.25) is 9.17 Å². The summed E-state index contributed by atoms with van der Waals surface area (Å²) in [5.74, 6) is 0.195. The average Bonchev–Trinajstić information content (AvgIpc) is 3.00. The fourth-order valence-corrected chi connectivity index (χ4v) is 4.36. The third-order valence-electron chi connectivity index (χ3n) is 3.95. The van der Waals surface area contributed by atoms with Gasteiger partial charge < -0.3 is 0 Å². The number of hydrogen-bond donors (Lipinski definition) is 0. The molecule has 0 aromatic carbocycles. The van der Waals surface area contributed by atoms with Gasteiger partial charge in [0.1, 0.15) is 0 Å². The molecule has 2 aromatic heterocycles. The molecule has 0 bridgehead atoms. The predicted octanol–water partition coefficient (Wildman–Crippen LogP) is 4.25. The Kier molecular flexibility index (Phi) is 8.06. The Bertz CT molecular complexity index is 726. The van der Waals surface area contributed by atoms with Gasteiger partial charge in [0.2, 0.25) is 0 Å². The second-order valence-corrected chi connectivity index (χ2v) is 9.48. The Balaban J connectivity index is 1.64. The Hall–Kier alpha value is -1.24. The van der Waals surface area contributed by atoms with E-state index in [1.165, 1.54) is 34.6 Å². The fraction of sp³-hybridized carbons (Fsp3) is 0.526. The average molecular weight is 382 g/mol. The van der Waals surface area contributed by atoms with Gasteiger partial charge in [0.15, 0.2) is 0 Å². The number of hydrogen-bond acceptors (Lipinski definition) is 5. The quantitative estimate of drug-likeness (QED) is 0.431. The van der Waals surface area contributed by atoms with Crippen molar-refractivity contribution < 1.29 is 12.6 Å². The molecule has 0 N–H and O–H groups in total. The molecule has 1 atom stereocenters. The van der Waals surface area contributed by atoms with Gasteiger partial charge in [-0.2, -0.15) is 8.42 Å². The number of rotatable bonds is 11. The summed E-state index contributed by atoms with van der Waals surface area (Å²) in [4.78, 5) is 6.85. The Labute approximate surface area is 155 Å². The lowest BCUT2D eigenvalue weighted by atomic mass is 10.1. The minimum atomic E-state index is -3.34. The minimum absolute atomic E-state index is 0.195. The van der Waals surface area contributed by atoms with E-state index in [0.29, 0.717) is 0 Å². The number of unbranched alkanes of at least 4 members (excludes halogenated alkanes) is 2. The van der Waals surface area contributed by atoms with Crippen molar-refractivity contribution in [3.05, 3.63) is 52.0 Å². The molecule has 0 fully saturated rings. The summed E-state index contributed by atoms with van der Waals surface area (Å²) in [7, 11) is -3.34. The van der Waals surface area contributed by atoms with Crippen molar-refractivity contribution >= 4 is 21.5 Å². The van der Waals surface area contributed by atoms with Crippen LogP contribution in [0, 0.1) is 5.92 Å². The zero-order chi connectivity index (χ0) is 18.1. The highest BCUT2D eigenvalue weighted by molar-refractivity contribution is 7.85. The molecule has 0 saturated heterocycles. The Morgan fingerprint density at radius 2 is 1.88 bits per heavy atom. The van der Waals surface area contributed by atoms with Gasteiger partial charge in [-0.15, -0.1) is 11.3 Å². The molecule has 0 aliphatic heterocycles. The number of thiophene rings is 1. The standard InChI is InChI=1S/C19H27NO3S2/c1-16(15-23-25(2,21)22)13-19-11-10-18(24-19)9-5-3-4-7-17-8-6-12-20-14-17/h6,8,10-12,14,16H,3-5,7,9,13,15H2,1-2H3. The summed E-state index contributed by atoms with van der Waals surface area (Å²) in [5, 5.41) is 0. The van der Waals surface area contributed by atoms with E-state index in [9.17, 15) is 8.42 Å². The maximum Gasteiger partial charge on any atom is 0.264 e. The number of aryl methyl sites for hydroxylation is 2. The highest BCUT2D eigenvalue weighted by atomic mass is 32.2. The molecule has 1 unspecified atom stereocenters. The second-order valence-electron chi connectivity index (χ2n) is 6.59. The lowest BCUT2D eigenvalue weighted by molar-refractivity contribution is 0.267. The molecule has 0 radical (unpaired) electrons. The number of aromatic nitrogens is 1. The lowest BCUT2D eigenvalue weighted by Gasteiger charge is -2.09. The van der Waals surface area contributed by atoms with Crippen molar-refractivity contribution in [3.63, 3.8) is 0 Å². The number of nitrogens with zero attached hydrogens (tertiary/aromatic N) is 1. The second kappa shape index (κ2) is 10.0. The van der Waals surface area contributed by atoms with Crippen molar-refractivity contribution in [2.24, 2.45) is 5.92 Å². The third kappa shape index (κ3) is 8.61. The van der Waals surface area contributed by atoms with Crippen molar-refractivity contribution in [1.29, 1.82) is 0 Å². The molecule has 2 rings (SSSR count). The van der Waals surface area contributed by atoms with E-state index < -0.39 is 10.1 Å². The largest absolute Gasteiger partial charge is 0.270 e. The van der Waals surface area contributed by atoms with Crippen molar-refractivity contribution in [2.75, 3.05) is 12.9 Å². The van der Waals surface area contributed by atoms with Crippen LogP contribution in [0.5, 0.6) is 0 Å². The van der Waals surface area contributed by atoms with E-state index in [-0.39, 0.29) is 12.5 Å².